The smallest absolute Gasteiger partial charge is 0.315 e. The molecule has 8 nitrogen and oxygen atoms in total. The first-order chi connectivity index (χ1) is 11.4. The highest BCUT2D eigenvalue weighted by molar-refractivity contribution is 7.89. The molecule has 128 valence electrons. The van der Waals surface area contributed by atoms with Crippen molar-refractivity contribution in [2.24, 2.45) is 5.14 Å². The van der Waals surface area contributed by atoms with Gasteiger partial charge in [0.2, 0.25) is 10.0 Å². The van der Waals surface area contributed by atoms with Crippen molar-refractivity contribution in [2.75, 3.05) is 0 Å². The lowest BCUT2D eigenvalue weighted by molar-refractivity contribution is 0.235. The number of rotatable bonds is 4. The second-order valence-corrected chi connectivity index (χ2v) is 7.33. The minimum atomic E-state index is -3.75. The zero-order chi connectivity index (χ0) is 17.2. The molecule has 0 spiro atoms. The van der Waals surface area contributed by atoms with Crippen LogP contribution < -0.4 is 15.8 Å². The number of sulfonamides is 1. The van der Waals surface area contributed by atoms with Gasteiger partial charge in [-0.25, -0.2) is 18.4 Å². The highest BCUT2D eigenvalue weighted by Crippen LogP contribution is 2.27. The van der Waals surface area contributed by atoms with E-state index in [1.165, 1.54) is 12.1 Å². The first-order valence-corrected chi connectivity index (χ1v) is 9.16. The molecule has 3 rings (SSSR count). The van der Waals surface area contributed by atoms with Crippen LogP contribution in [0.2, 0.25) is 0 Å². The van der Waals surface area contributed by atoms with E-state index in [1.54, 1.807) is 18.3 Å². The number of nitrogens with one attached hydrogen (secondary N) is 3. The molecule has 0 saturated heterocycles. The first-order valence-electron chi connectivity index (χ1n) is 7.62. The Hall–Kier alpha value is -2.39. The van der Waals surface area contributed by atoms with Gasteiger partial charge in [-0.1, -0.05) is 12.1 Å². The number of aromatic nitrogens is 2. The minimum absolute atomic E-state index is 0.0246. The Morgan fingerprint density at radius 3 is 3.04 bits per heavy atom. The van der Waals surface area contributed by atoms with E-state index < -0.39 is 10.0 Å². The van der Waals surface area contributed by atoms with Crippen LogP contribution in [0.25, 0.3) is 0 Å². The molecule has 0 bridgehead atoms. The first kappa shape index (κ1) is 16.5. The van der Waals surface area contributed by atoms with Gasteiger partial charge in [0.05, 0.1) is 22.8 Å². The maximum absolute atomic E-state index is 12.1. The molecule has 1 aliphatic carbocycles. The average Bonchev–Trinajstić information content (AvgIpc) is 3.02. The van der Waals surface area contributed by atoms with Gasteiger partial charge in [0, 0.05) is 6.54 Å². The van der Waals surface area contributed by atoms with E-state index in [1.807, 2.05) is 0 Å². The lowest BCUT2D eigenvalue weighted by Crippen LogP contribution is -2.38. The van der Waals surface area contributed by atoms with E-state index in [2.05, 4.69) is 20.8 Å². The van der Waals surface area contributed by atoms with Gasteiger partial charge in [0.1, 0.15) is 0 Å². The molecule has 1 aromatic heterocycles. The Bertz CT molecular complexity index is 846. The number of amides is 2. The number of carbonyl (C=O) groups is 1. The van der Waals surface area contributed by atoms with Crippen LogP contribution >= 0.6 is 0 Å². The monoisotopic (exact) mass is 349 g/mol. The number of H-pyrrole nitrogens is 1. The van der Waals surface area contributed by atoms with Gasteiger partial charge in [-0.15, -0.1) is 0 Å². The van der Waals surface area contributed by atoms with E-state index in [0.717, 1.165) is 30.5 Å². The summed E-state index contributed by atoms with van der Waals surface area (Å²) in [5, 5.41) is 17.7. The highest BCUT2D eigenvalue weighted by Gasteiger charge is 2.23. The molecular formula is C15H19N5O3S. The van der Waals surface area contributed by atoms with Crippen molar-refractivity contribution >= 4 is 16.1 Å². The highest BCUT2D eigenvalue weighted by atomic mass is 32.2. The number of fused-ring (bicyclic) bond motifs is 1. The third kappa shape index (κ3) is 3.74. The molecule has 0 radical (unpaired) electrons. The van der Waals surface area contributed by atoms with E-state index >= 15 is 0 Å². The molecule has 0 saturated carbocycles. The molecule has 24 heavy (non-hydrogen) atoms. The molecule has 2 aromatic rings. The fourth-order valence-electron chi connectivity index (χ4n) is 2.83. The molecule has 1 heterocycles. The second kappa shape index (κ2) is 6.62. The van der Waals surface area contributed by atoms with Crippen LogP contribution in [-0.4, -0.2) is 24.6 Å². The largest absolute Gasteiger partial charge is 0.334 e. The third-order valence-corrected chi connectivity index (χ3v) is 4.94. The predicted molar refractivity (Wildman–Crippen MR) is 87.5 cm³/mol. The van der Waals surface area contributed by atoms with Crippen LogP contribution in [-0.2, 0) is 23.0 Å². The number of benzene rings is 1. The molecule has 2 amide bonds. The van der Waals surface area contributed by atoms with Gasteiger partial charge in [0.15, 0.2) is 0 Å². The Labute approximate surface area is 139 Å². The quantitative estimate of drug-likeness (QED) is 0.654. The topological polar surface area (TPSA) is 130 Å². The summed E-state index contributed by atoms with van der Waals surface area (Å²) in [7, 11) is -3.75. The molecule has 0 aliphatic heterocycles. The van der Waals surface area contributed by atoms with Crippen LogP contribution in [0.5, 0.6) is 0 Å². The molecule has 0 unspecified atom stereocenters. The average molecular weight is 349 g/mol. The van der Waals surface area contributed by atoms with Crippen LogP contribution in [0.3, 0.4) is 0 Å². The van der Waals surface area contributed by atoms with Gasteiger partial charge in [-0.05, 0) is 42.5 Å². The lowest BCUT2D eigenvalue weighted by Gasteiger charge is -2.23. The molecule has 0 fully saturated rings. The van der Waals surface area contributed by atoms with Gasteiger partial charge in [0.25, 0.3) is 0 Å². The summed E-state index contributed by atoms with van der Waals surface area (Å²) in [5.74, 6) is 0. The predicted octanol–water partition coefficient (Wildman–Crippen LogP) is 0.934. The Balaban J connectivity index is 1.59. The number of aryl methyl sites for hydroxylation is 1. The van der Waals surface area contributed by atoms with Gasteiger partial charge in [-0.2, -0.15) is 5.10 Å². The molecule has 1 aliphatic rings. The molecular weight excluding hydrogens is 330 g/mol. The number of hydrogen-bond acceptors (Lipinski definition) is 4. The summed E-state index contributed by atoms with van der Waals surface area (Å²) in [4.78, 5) is 12.1. The Kier molecular flexibility index (Phi) is 4.54. The zero-order valence-corrected chi connectivity index (χ0v) is 13.8. The fourth-order valence-corrected chi connectivity index (χ4v) is 3.42. The lowest BCUT2D eigenvalue weighted by atomic mass is 9.94. The summed E-state index contributed by atoms with van der Waals surface area (Å²) >= 11 is 0. The van der Waals surface area contributed by atoms with Crippen molar-refractivity contribution in [2.45, 2.75) is 36.7 Å². The molecule has 1 aromatic carbocycles. The Morgan fingerprint density at radius 1 is 1.42 bits per heavy atom. The number of primary sulfonamides is 1. The standard InChI is InChI=1S/C15H19N5O3S/c16-24(22,23)12-5-1-3-10(7-12)8-17-15(21)19-13-6-2-4-11-9-18-20-14(11)13/h1,3,5,7,9,13H,2,4,6,8H2,(H,18,20)(H2,16,22,23)(H2,17,19,21)/t13-/m1/s1. The number of hydrogen-bond donors (Lipinski definition) is 4. The van der Waals surface area contributed by atoms with Crippen molar-refractivity contribution in [1.82, 2.24) is 20.8 Å². The number of nitrogens with zero attached hydrogens (tertiary/aromatic N) is 1. The maximum Gasteiger partial charge on any atom is 0.315 e. The van der Waals surface area contributed by atoms with Crippen LogP contribution in [0.4, 0.5) is 4.79 Å². The normalized spacial score (nSPS) is 17.1. The molecule has 5 N–H and O–H groups in total. The van der Waals surface area contributed by atoms with Crippen molar-refractivity contribution < 1.29 is 13.2 Å². The molecule has 9 heteroatoms. The van der Waals surface area contributed by atoms with Crippen LogP contribution in [0.1, 0.15) is 35.7 Å². The van der Waals surface area contributed by atoms with E-state index in [4.69, 9.17) is 5.14 Å². The SMILES string of the molecule is NS(=O)(=O)c1cccc(CNC(=O)N[C@@H]2CCCc3cn[nH]c32)c1. The van der Waals surface area contributed by atoms with Crippen LogP contribution in [0.15, 0.2) is 35.4 Å². The number of urea groups is 1. The summed E-state index contributed by atoms with van der Waals surface area (Å²) in [6.45, 7) is 0.206. The van der Waals surface area contributed by atoms with Gasteiger partial charge < -0.3 is 10.6 Å². The Morgan fingerprint density at radius 2 is 2.25 bits per heavy atom. The van der Waals surface area contributed by atoms with E-state index in [0.29, 0.717) is 5.56 Å². The van der Waals surface area contributed by atoms with Crippen molar-refractivity contribution in [3.05, 3.63) is 47.3 Å². The van der Waals surface area contributed by atoms with E-state index in [9.17, 15) is 13.2 Å². The fraction of sp³-hybridized carbons (Fsp3) is 0.333. The second-order valence-electron chi connectivity index (χ2n) is 5.77. The summed E-state index contributed by atoms with van der Waals surface area (Å²) in [6.07, 6.45) is 4.60. The summed E-state index contributed by atoms with van der Waals surface area (Å²) in [6, 6.07) is 5.77. The maximum atomic E-state index is 12.1. The summed E-state index contributed by atoms with van der Waals surface area (Å²) in [5.41, 5.74) is 2.74. The summed E-state index contributed by atoms with van der Waals surface area (Å²) < 4.78 is 22.7. The van der Waals surface area contributed by atoms with Crippen molar-refractivity contribution in [3.63, 3.8) is 0 Å². The van der Waals surface area contributed by atoms with Gasteiger partial charge in [-0.3, -0.25) is 5.10 Å². The van der Waals surface area contributed by atoms with Crippen molar-refractivity contribution in [1.29, 1.82) is 0 Å². The van der Waals surface area contributed by atoms with Crippen LogP contribution in [0, 0.1) is 0 Å². The zero-order valence-electron chi connectivity index (χ0n) is 13.0. The number of aromatic amines is 1. The third-order valence-electron chi connectivity index (χ3n) is 4.02. The number of carbonyl (C=O) groups excluding carboxylic acids is 1. The van der Waals surface area contributed by atoms with E-state index in [-0.39, 0.29) is 23.5 Å². The number of nitrogens with two attached hydrogens (primary N) is 1. The minimum Gasteiger partial charge on any atom is -0.334 e. The van der Waals surface area contributed by atoms with Crippen molar-refractivity contribution in [3.8, 4) is 0 Å². The van der Waals surface area contributed by atoms with Gasteiger partial charge >= 0.3 is 6.03 Å². The molecule has 1 atom stereocenters.